The van der Waals surface area contributed by atoms with E-state index in [0.29, 0.717) is 0 Å². The summed E-state index contributed by atoms with van der Waals surface area (Å²) in [4.78, 5) is 2.46. The zero-order valence-corrected chi connectivity index (χ0v) is 30.6. The first-order valence-corrected chi connectivity index (χ1v) is 18.4. The molecule has 0 N–H and O–H groups in total. The van der Waals surface area contributed by atoms with Gasteiger partial charge in [0, 0.05) is 22.1 Å². The summed E-state index contributed by atoms with van der Waals surface area (Å²) >= 11 is 0. The van der Waals surface area contributed by atoms with E-state index in [9.17, 15) is 0 Å². The van der Waals surface area contributed by atoms with E-state index in [2.05, 4.69) is 209 Å². The SMILES string of the molecule is CC(C)(C)c1ccc2c(c1)C(C)(C)c1cccc(-c3ccccc3N(c3ccc(-c4ccc5ccccc5c4)cc3)c3cccc4ccccc34)c1-2. The summed E-state index contributed by atoms with van der Waals surface area (Å²) in [7, 11) is 0. The summed E-state index contributed by atoms with van der Waals surface area (Å²) in [6.07, 6.45) is 0. The fourth-order valence-corrected chi connectivity index (χ4v) is 8.36. The van der Waals surface area contributed by atoms with Crippen molar-refractivity contribution in [3.05, 3.63) is 187 Å². The number of rotatable bonds is 5. The molecule has 0 amide bonds. The molecule has 252 valence electrons. The van der Waals surface area contributed by atoms with Crippen LogP contribution in [0.2, 0.25) is 0 Å². The van der Waals surface area contributed by atoms with Crippen LogP contribution in [0, 0.1) is 0 Å². The summed E-state index contributed by atoms with van der Waals surface area (Å²) in [6, 6.07) is 62.9. The topological polar surface area (TPSA) is 3.24 Å². The maximum absolute atomic E-state index is 2.46. The van der Waals surface area contributed by atoms with Gasteiger partial charge in [0.1, 0.15) is 0 Å². The standard InChI is InChI=1S/C51H43N/c1-50(2,3)39-28-31-44-46(33-39)51(4,5)45-21-13-20-43(49(44)45)42-19-10-11-22-48(42)52(47-23-12-17-36-15-8-9-18-41(36)47)40-29-26-35(27-30-40)38-25-24-34-14-6-7-16-37(34)32-38/h6-33H,1-5H3. The highest BCUT2D eigenvalue weighted by Gasteiger charge is 2.38. The Morgan fingerprint density at radius 2 is 1.08 bits per heavy atom. The van der Waals surface area contributed by atoms with Crippen molar-refractivity contribution in [3.8, 4) is 33.4 Å². The third kappa shape index (κ3) is 5.23. The van der Waals surface area contributed by atoms with Crippen LogP contribution >= 0.6 is 0 Å². The molecule has 0 unspecified atom stereocenters. The van der Waals surface area contributed by atoms with Crippen molar-refractivity contribution in [3.63, 3.8) is 0 Å². The lowest BCUT2D eigenvalue weighted by Crippen LogP contribution is -2.17. The highest BCUT2D eigenvalue weighted by Crippen LogP contribution is 2.54. The van der Waals surface area contributed by atoms with Crippen LogP contribution in [0.15, 0.2) is 170 Å². The van der Waals surface area contributed by atoms with Gasteiger partial charge >= 0.3 is 0 Å². The second-order valence-electron chi connectivity index (χ2n) is 15.8. The molecule has 0 saturated carbocycles. The minimum atomic E-state index is -0.106. The van der Waals surface area contributed by atoms with Gasteiger partial charge in [-0.05, 0) is 96.4 Å². The van der Waals surface area contributed by atoms with Gasteiger partial charge in [-0.3, -0.25) is 0 Å². The third-order valence-electron chi connectivity index (χ3n) is 11.2. The Labute approximate surface area is 307 Å². The second-order valence-corrected chi connectivity index (χ2v) is 15.8. The van der Waals surface area contributed by atoms with Crippen LogP contribution < -0.4 is 4.90 Å². The minimum Gasteiger partial charge on any atom is -0.309 e. The molecule has 0 aliphatic heterocycles. The van der Waals surface area contributed by atoms with E-state index in [1.54, 1.807) is 0 Å². The second kappa shape index (κ2) is 12.1. The number of nitrogens with zero attached hydrogens (tertiary/aromatic N) is 1. The number of anilines is 3. The average Bonchev–Trinajstić information content (AvgIpc) is 3.40. The van der Waals surface area contributed by atoms with E-state index < -0.39 is 0 Å². The van der Waals surface area contributed by atoms with Crippen molar-refractivity contribution in [1.29, 1.82) is 0 Å². The third-order valence-corrected chi connectivity index (χ3v) is 11.2. The first kappa shape index (κ1) is 32.0. The Hall–Kier alpha value is -5.92. The molecule has 1 aliphatic carbocycles. The molecule has 0 fully saturated rings. The lowest BCUT2D eigenvalue weighted by Gasteiger charge is -2.30. The predicted octanol–water partition coefficient (Wildman–Crippen LogP) is 14.4. The summed E-state index contributed by atoms with van der Waals surface area (Å²) in [5.74, 6) is 0. The molecule has 0 radical (unpaired) electrons. The number of hydrogen-bond donors (Lipinski definition) is 0. The molecule has 1 nitrogen and oxygen atoms in total. The summed E-state index contributed by atoms with van der Waals surface area (Å²) in [6.45, 7) is 11.7. The van der Waals surface area contributed by atoms with Crippen molar-refractivity contribution in [2.24, 2.45) is 0 Å². The Morgan fingerprint density at radius 3 is 1.88 bits per heavy atom. The first-order chi connectivity index (χ1) is 25.2. The Morgan fingerprint density at radius 1 is 0.442 bits per heavy atom. The molecule has 8 aromatic carbocycles. The molecule has 0 heterocycles. The van der Waals surface area contributed by atoms with Crippen LogP contribution in [-0.2, 0) is 10.8 Å². The molecule has 0 aromatic heterocycles. The number of hydrogen-bond acceptors (Lipinski definition) is 1. The molecule has 0 bridgehead atoms. The van der Waals surface area contributed by atoms with Gasteiger partial charge in [-0.15, -0.1) is 0 Å². The van der Waals surface area contributed by atoms with E-state index in [1.165, 1.54) is 71.6 Å². The maximum atomic E-state index is 2.46. The molecule has 0 spiro atoms. The van der Waals surface area contributed by atoms with Gasteiger partial charge in [0.25, 0.3) is 0 Å². The Kier molecular flexibility index (Phi) is 7.45. The zero-order valence-electron chi connectivity index (χ0n) is 30.6. The lowest BCUT2D eigenvalue weighted by atomic mass is 9.79. The number of fused-ring (bicyclic) bond motifs is 5. The van der Waals surface area contributed by atoms with Crippen LogP contribution in [0.4, 0.5) is 17.1 Å². The molecule has 1 heteroatoms. The smallest absolute Gasteiger partial charge is 0.0540 e. The fraction of sp³-hybridized carbons (Fsp3) is 0.137. The van der Waals surface area contributed by atoms with E-state index >= 15 is 0 Å². The van der Waals surface area contributed by atoms with Crippen LogP contribution in [0.25, 0.3) is 54.9 Å². The molecular formula is C51H43N. The molecule has 52 heavy (non-hydrogen) atoms. The van der Waals surface area contributed by atoms with Gasteiger partial charge in [0.05, 0.1) is 11.4 Å². The molecular weight excluding hydrogens is 627 g/mol. The molecule has 8 aromatic rings. The highest BCUT2D eigenvalue weighted by atomic mass is 15.1. The molecule has 0 saturated heterocycles. The van der Waals surface area contributed by atoms with Crippen molar-refractivity contribution in [2.75, 3.05) is 4.90 Å². The average molecular weight is 670 g/mol. The maximum Gasteiger partial charge on any atom is 0.0540 e. The fourth-order valence-electron chi connectivity index (χ4n) is 8.36. The lowest BCUT2D eigenvalue weighted by molar-refractivity contribution is 0.584. The van der Waals surface area contributed by atoms with E-state index in [4.69, 9.17) is 0 Å². The van der Waals surface area contributed by atoms with Crippen LogP contribution in [0.5, 0.6) is 0 Å². The monoisotopic (exact) mass is 669 g/mol. The minimum absolute atomic E-state index is 0.0815. The number of benzene rings is 8. The van der Waals surface area contributed by atoms with E-state index in [-0.39, 0.29) is 10.8 Å². The zero-order chi connectivity index (χ0) is 35.6. The highest BCUT2D eigenvalue weighted by molar-refractivity contribution is 6.03. The van der Waals surface area contributed by atoms with Gasteiger partial charge in [-0.25, -0.2) is 0 Å². The molecule has 9 rings (SSSR count). The Bertz CT molecular complexity index is 2630. The van der Waals surface area contributed by atoms with Gasteiger partial charge in [0.15, 0.2) is 0 Å². The van der Waals surface area contributed by atoms with Crippen LogP contribution in [0.1, 0.15) is 51.3 Å². The van der Waals surface area contributed by atoms with E-state index in [1.807, 2.05) is 0 Å². The summed E-state index contributed by atoms with van der Waals surface area (Å²) < 4.78 is 0. The number of para-hydroxylation sites is 1. The van der Waals surface area contributed by atoms with Gasteiger partial charge in [0.2, 0.25) is 0 Å². The molecule has 0 atom stereocenters. The summed E-state index contributed by atoms with van der Waals surface area (Å²) in [5, 5.41) is 4.96. The van der Waals surface area contributed by atoms with Gasteiger partial charge < -0.3 is 4.90 Å². The van der Waals surface area contributed by atoms with Crippen molar-refractivity contribution < 1.29 is 0 Å². The molecule has 1 aliphatic rings. The predicted molar refractivity (Wildman–Crippen MR) is 223 cm³/mol. The van der Waals surface area contributed by atoms with Crippen molar-refractivity contribution >= 4 is 38.6 Å². The first-order valence-electron chi connectivity index (χ1n) is 18.4. The van der Waals surface area contributed by atoms with E-state index in [0.717, 1.165) is 17.1 Å². The van der Waals surface area contributed by atoms with Crippen molar-refractivity contribution in [1.82, 2.24) is 0 Å². The Balaban J connectivity index is 1.24. The largest absolute Gasteiger partial charge is 0.309 e. The van der Waals surface area contributed by atoms with Crippen molar-refractivity contribution in [2.45, 2.75) is 45.4 Å². The van der Waals surface area contributed by atoms with Gasteiger partial charge in [-0.1, -0.05) is 174 Å². The van der Waals surface area contributed by atoms with Crippen LogP contribution in [0.3, 0.4) is 0 Å². The van der Waals surface area contributed by atoms with Crippen LogP contribution in [-0.4, -0.2) is 0 Å². The quantitative estimate of drug-likeness (QED) is 0.176. The normalized spacial score (nSPS) is 13.2. The van der Waals surface area contributed by atoms with Gasteiger partial charge in [-0.2, -0.15) is 0 Å². The summed E-state index contributed by atoms with van der Waals surface area (Å²) in [5.41, 5.74) is 15.2.